The van der Waals surface area contributed by atoms with E-state index in [2.05, 4.69) is 4.98 Å². The fraction of sp³-hybridized carbons (Fsp3) is 0.500. The van der Waals surface area contributed by atoms with Gasteiger partial charge in [-0.3, -0.25) is 4.79 Å². The van der Waals surface area contributed by atoms with E-state index in [-0.39, 0.29) is 29.8 Å². The maximum absolute atomic E-state index is 13.1. The number of aliphatic carboxylic acids is 1. The van der Waals surface area contributed by atoms with E-state index >= 15 is 0 Å². The average molecular weight is 415 g/mol. The lowest BCUT2D eigenvalue weighted by molar-refractivity contribution is -0.159. The van der Waals surface area contributed by atoms with Gasteiger partial charge < -0.3 is 9.84 Å². The molecular formula is C16H18N2O5S3. The predicted molar refractivity (Wildman–Crippen MR) is 97.9 cm³/mol. The van der Waals surface area contributed by atoms with Crippen LogP contribution in [-0.2, 0) is 19.6 Å². The summed E-state index contributed by atoms with van der Waals surface area (Å²) in [7, 11) is -3.74. The standard InChI is InChI=1S/C16H18N2O5S3/c1-10-17-12(7-24-10)13-2-3-14(25-13)26(21,22)18-6-11-4-5-23-9-16(11,8-18)15(19)20/h2-3,7,11H,4-6,8-9H2,1H3,(H,19,20)/t11-,16+/m0/s1. The number of carboxylic acids is 1. The summed E-state index contributed by atoms with van der Waals surface area (Å²) in [5.74, 6) is -1.20. The third-order valence-corrected chi connectivity index (χ3v) is 9.27. The van der Waals surface area contributed by atoms with Crippen LogP contribution in [0.15, 0.2) is 21.7 Å². The quantitative estimate of drug-likeness (QED) is 0.825. The molecule has 4 rings (SSSR count). The summed E-state index contributed by atoms with van der Waals surface area (Å²) in [6, 6.07) is 3.33. The van der Waals surface area contributed by atoms with Crippen molar-refractivity contribution in [2.24, 2.45) is 11.3 Å². The molecule has 0 aromatic carbocycles. The summed E-state index contributed by atoms with van der Waals surface area (Å²) in [6.07, 6.45) is 0.562. The Morgan fingerprint density at radius 3 is 2.92 bits per heavy atom. The van der Waals surface area contributed by atoms with Gasteiger partial charge in [-0.1, -0.05) is 0 Å². The number of thiophene rings is 1. The smallest absolute Gasteiger partial charge is 0.313 e. The minimum absolute atomic E-state index is 0.0433. The van der Waals surface area contributed by atoms with Crippen molar-refractivity contribution in [1.29, 1.82) is 0 Å². The molecule has 2 fully saturated rings. The van der Waals surface area contributed by atoms with Gasteiger partial charge in [0, 0.05) is 25.1 Å². The van der Waals surface area contributed by atoms with Crippen LogP contribution in [0.25, 0.3) is 10.6 Å². The molecule has 0 unspecified atom stereocenters. The number of carboxylic acid groups (broad SMARTS) is 1. The molecule has 0 aliphatic carbocycles. The SMILES string of the molecule is Cc1nc(-c2ccc(S(=O)(=O)N3C[C@@H]4CCOC[C@]4(C(=O)O)C3)s2)cs1. The average Bonchev–Trinajstić information content (AvgIpc) is 3.32. The topological polar surface area (TPSA) is 96.8 Å². The van der Waals surface area contributed by atoms with Gasteiger partial charge in [-0.25, -0.2) is 13.4 Å². The summed E-state index contributed by atoms with van der Waals surface area (Å²) in [4.78, 5) is 17.0. The van der Waals surface area contributed by atoms with Gasteiger partial charge in [0.05, 0.1) is 22.2 Å². The van der Waals surface area contributed by atoms with Crippen LogP contribution in [0, 0.1) is 18.3 Å². The van der Waals surface area contributed by atoms with Gasteiger partial charge >= 0.3 is 5.97 Å². The van der Waals surface area contributed by atoms with Gasteiger partial charge in [-0.2, -0.15) is 4.31 Å². The number of fused-ring (bicyclic) bond motifs is 1. The maximum Gasteiger partial charge on any atom is 0.313 e. The van der Waals surface area contributed by atoms with E-state index in [1.807, 2.05) is 12.3 Å². The van der Waals surface area contributed by atoms with Gasteiger partial charge in [0.25, 0.3) is 10.0 Å². The molecule has 4 heterocycles. The highest BCUT2D eigenvalue weighted by Crippen LogP contribution is 2.44. The van der Waals surface area contributed by atoms with Crippen LogP contribution in [-0.4, -0.2) is 55.1 Å². The van der Waals surface area contributed by atoms with E-state index in [0.717, 1.165) is 15.6 Å². The second kappa shape index (κ2) is 6.38. The Morgan fingerprint density at radius 2 is 2.27 bits per heavy atom. The number of hydrogen-bond acceptors (Lipinski definition) is 7. The van der Waals surface area contributed by atoms with Gasteiger partial charge in [-0.15, -0.1) is 22.7 Å². The minimum atomic E-state index is -3.74. The first-order chi connectivity index (χ1) is 12.3. The third kappa shape index (κ3) is 2.80. The first-order valence-electron chi connectivity index (χ1n) is 8.16. The number of rotatable bonds is 4. The van der Waals surface area contributed by atoms with Crippen molar-refractivity contribution >= 4 is 38.7 Å². The van der Waals surface area contributed by atoms with Crippen molar-refractivity contribution in [3.63, 3.8) is 0 Å². The Kier molecular flexibility index (Phi) is 4.43. The summed E-state index contributed by atoms with van der Waals surface area (Å²) < 4.78 is 33.1. The Morgan fingerprint density at radius 1 is 1.46 bits per heavy atom. The molecule has 26 heavy (non-hydrogen) atoms. The predicted octanol–water partition coefficient (Wildman–Crippen LogP) is 2.29. The van der Waals surface area contributed by atoms with Crippen LogP contribution in [0.5, 0.6) is 0 Å². The van der Waals surface area contributed by atoms with Gasteiger partial charge in [0.15, 0.2) is 0 Å². The van der Waals surface area contributed by atoms with Crippen molar-refractivity contribution in [3.05, 3.63) is 22.5 Å². The first kappa shape index (κ1) is 18.1. The molecule has 2 saturated heterocycles. The van der Waals surface area contributed by atoms with Crippen molar-refractivity contribution in [1.82, 2.24) is 9.29 Å². The molecule has 2 aromatic heterocycles. The number of thiazole rings is 1. The number of ether oxygens (including phenoxy) is 1. The Hall–Kier alpha value is -1.33. The lowest BCUT2D eigenvalue weighted by Crippen LogP contribution is -2.46. The van der Waals surface area contributed by atoms with E-state index in [4.69, 9.17) is 4.74 Å². The molecule has 0 amide bonds. The van der Waals surface area contributed by atoms with E-state index in [0.29, 0.717) is 13.0 Å². The molecule has 140 valence electrons. The van der Waals surface area contributed by atoms with Crippen LogP contribution >= 0.6 is 22.7 Å². The van der Waals surface area contributed by atoms with Crippen LogP contribution < -0.4 is 0 Å². The maximum atomic E-state index is 13.1. The third-order valence-electron chi connectivity index (χ3n) is 5.11. The molecule has 0 radical (unpaired) electrons. The summed E-state index contributed by atoms with van der Waals surface area (Å²) in [5.41, 5.74) is -0.373. The van der Waals surface area contributed by atoms with Crippen LogP contribution in [0.2, 0.25) is 0 Å². The summed E-state index contributed by atoms with van der Waals surface area (Å²) in [5, 5.41) is 12.5. The minimum Gasteiger partial charge on any atom is -0.481 e. The van der Waals surface area contributed by atoms with Gasteiger partial charge in [0.1, 0.15) is 9.62 Å². The van der Waals surface area contributed by atoms with Crippen LogP contribution in [0.4, 0.5) is 0 Å². The monoisotopic (exact) mass is 414 g/mol. The second-order valence-corrected chi connectivity index (χ2v) is 11.0. The highest BCUT2D eigenvalue weighted by atomic mass is 32.2. The summed E-state index contributed by atoms with van der Waals surface area (Å²) in [6.45, 7) is 2.62. The zero-order valence-corrected chi connectivity index (χ0v) is 16.5. The number of aromatic nitrogens is 1. The Balaban J connectivity index is 1.63. The highest BCUT2D eigenvalue weighted by Gasteiger charge is 2.56. The van der Waals surface area contributed by atoms with Gasteiger partial charge in [-0.05, 0) is 31.4 Å². The van der Waals surface area contributed by atoms with Crippen molar-refractivity contribution in [2.45, 2.75) is 17.6 Å². The zero-order valence-electron chi connectivity index (χ0n) is 14.0. The molecule has 0 bridgehead atoms. The molecule has 0 spiro atoms. The normalized spacial score (nSPS) is 26.7. The van der Waals surface area contributed by atoms with Gasteiger partial charge in [0.2, 0.25) is 0 Å². The number of hydrogen-bond donors (Lipinski definition) is 1. The Bertz CT molecular complexity index is 951. The van der Waals surface area contributed by atoms with Crippen LogP contribution in [0.1, 0.15) is 11.4 Å². The zero-order chi connectivity index (χ0) is 18.5. The lowest BCUT2D eigenvalue weighted by Gasteiger charge is -2.34. The van der Waals surface area contributed by atoms with Crippen LogP contribution in [0.3, 0.4) is 0 Å². The van der Waals surface area contributed by atoms with E-state index < -0.39 is 21.4 Å². The molecule has 7 nitrogen and oxygen atoms in total. The van der Waals surface area contributed by atoms with E-state index in [1.165, 1.54) is 27.0 Å². The largest absolute Gasteiger partial charge is 0.481 e. The van der Waals surface area contributed by atoms with E-state index in [9.17, 15) is 18.3 Å². The first-order valence-corrected chi connectivity index (χ1v) is 11.3. The number of sulfonamides is 1. The fourth-order valence-electron chi connectivity index (χ4n) is 3.63. The molecule has 1 N–H and O–H groups in total. The van der Waals surface area contributed by atoms with Crippen molar-refractivity contribution < 1.29 is 23.1 Å². The highest BCUT2D eigenvalue weighted by molar-refractivity contribution is 7.91. The van der Waals surface area contributed by atoms with Crippen molar-refractivity contribution in [3.8, 4) is 10.6 Å². The molecule has 0 saturated carbocycles. The molecule has 2 atom stereocenters. The number of aryl methyl sites for hydroxylation is 1. The summed E-state index contributed by atoms with van der Waals surface area (Å²) >= 11 is 2.68. The second-order valence-electron chi connectivity index (χ2n) is 6.67. The Labute approximate surface area is 159 Å². The molecule has 2 aliphatic rings. The fourth-order valence-corrected chi connectivity index (χ4v) is 7.29. The molecule has 2 aliphatic heterocycles. The molecule has 2 aromatic rings. The molecule has 10 heteroatoms. The lowest BCUT2D eigenvalue weighted by atomic mass is 9.76. The molecular weight excluding hydrogens is 396 g/mol. The number of carbonyl (C=O) groups is 1. The van der Waals surface area contributed by atoms with Crippen molar-refractivity contribution in [2.75, 3.05) is 26.3 Å². The number of nitrogens with zero attached hydrogens (tertiary/aromatic N) is 2. The van der Waals surface area contributed by atoms with E-state index in [1.54, 1.807) is 12.1 Å².